The van der Waals surface area contributed by atoms with Crippen molar-refractivity contribution in [3.8, 4) is 5.75 Å². The van der Waals surface area contributed by atoms with E-state index in [0.29, 0.717) is 18.8 Å². The average Bonchev–Trinajstić information content (AvgIpc) is 2.79. The first-order chi connectivity index (χ1) is 15.1. The zero-order valence-corrected chi connectivity index (χ0v) is 18.8. The second kappa shape index (κ2) is 14.1. The van der Waals surface area contributed by atoms with Crippen LogP contribution in [-0.4, -0.2) is 19.2 Å². The summed E-state index contributed by atoms with van der Waals surface area (Å²) < 4.78 is 10.8. The molecular weight excluding hydrogens is 388 g/mol. The van der Waals surface area contributed by atoms with E-state index in [0.717, 1.165) is 49.2 Å². The molecule has 31 heavy (non-hydrogen) atoms. The van der Waals surface area contributed by atoms with Crippen LogP contribution in [0.25, 0.3) is 0 Å². The lowest BCUT2D eigenvalue weighted by Gasteiger charge is -2.07. The molecule has 166 valence electrons. The molecule has 0 aromatic heterocycles. The van der Waals surface area contributed by atoms with E-state index in [4.69, 9.17) is 9.47 Å². The number of nitrogens with zero attached hydrogens (tertiary/aromatic N) is 2. The largest absolute Gasteiger partial charge is 0.494 e. The minimum absolute atomic E-state index is 0.313. The topological polar surface area (TPSA) is 60.2 Å². The number of unbranched alkanes of at least 4 members (excludes halogenated alkanes) is 4. The molecular formula is C26H34N2O3. The molecule has 0 unspecified atom stereocenters. The van der Waals surface area contributed by atoms with Crippen LogP contribution in [0.1, 0.15) is 57.9 Å². The zero-order valence-electron chi connectivity index (χ0n) is 18.8. The summed E-state index contributed by atoms with van der Waals surface area (Å²) >= 11 is 0. The van der Waals surface area contributed by atoms with Crippen molar-refractivity contribution in [1.82, 2.24) is 0 Å². The Labute approximate surface area is 186 Å². The standard InChI is InChI=1S/C26H34N2O3/c1-4-5-10-22-11-13-23(14-12-22)27-28-24-15-17-25(18-16-24)30-19-8-6-7-9-20-31-26(29)21(2)3/h11-18H,2,4-10,19-20H2,1,3H3. The van der Waals surface area contributed by atoms with Crippen LogP contribution in [0.5, 0.6) is 5.75 Å². The molecule has 0 bridgehead atoms. The Morgan fingerprint density at radius 2 is 1.42 bits per heavy atom. The zero-order chi connectivity index (χ0) is 22.3. The quantitative estimate of drug-likeness (QED) is 0.137. The van der Waals surface area contributed by atoms with E-state index >= 15 is 0 Å². The maximum absolute atomic E-state index is 11.3. The number of carbonyl (C=O) groups excluding carboxylic acids is 1. The van der Waals surface area contributed by atoms with E-state index in [9.17, 15) is 4.79 Å². The molecule has 2 rings (SSSR count). The lowest BCUT2D eigenvalue weighted by atomic mass is 10.1. The van der Waals surface area contributed by atoms with Crippen molar-refractivity contribution in [2.45, 2.75) is 58.8 Å². The van der Waals surface area contributed by atoms with E-state index in [1.54, 1.807) is 6.92 Å². The Balaban J connectivity index is 1.62. The van der Waals surface area contributed by atoms with Crippen molar-refractivity contribution in [3.05, 3.63) is 66.2 Å². The predicted octanol–water partition coefficient (Wildman–Crippen LogP) is 7.50. The molecule has 5 heteroatoms. The molecule has 0 amide bonds. The number of aryl methyl sites for hydroxylation is 1. The Morgan fingerprint density at radius 3 is 2.00 bits per heavy atom. The Hall–Kier alpha value is -2.95. The normalized spacial score (nSPS) is 10.9. The number of ether oxygens (including phenoxy) is 2. The summed E-state index contributed by atoms with van der Waals surface area (Å²) in [6, 6.07) is 15.9. The molecule has 0 aliphatic heterocycles. The van der Waals surface area contributed by atoms with Gasteiger partial charge in [-0.3, -0.25) is 0 Å². The van der Waals surface area contributed by atoms with Crippen LogP contribution in [0.2, 0.25) is 0 Å². The van der Waals surface area contributed by atoms with Gasteiger partial charge in [0.05, 0.1) is 24.6 Å². The van der Waals surface area contributed by atoms with Crippen LogP contribution < -0.4 is 4.74 Å². The maximum Gasteiger partial charge on any atom is 0.333 e. The van der Waals surface area contributed by atoms with E-state index in [1.807, 2.05) is 36.4 Å². The number of azo groups is 1. The third-order valence-electron chi connectivity index (χ3n) is 4.76. The SMILES string of the molecule is C=C(C)C(=O)OCCCCCCOc1ccc(N=Nc2ccc(CCCC)cc2)cc1. The van der Waals surface area contributed by atoms with Gasteiger partial charge < -0.3 is 9.47 Å². The van der Waals surface area contributed by atoms with Gasteiger partial charge in [-0.15, -0.1) is 0 Å². The van der Waals surface area contributed by atoms with Gasteiger partial charge in [0.15, 0.2) is 0 Å². The molecule has 5 nitrogen and oxygen atoms in total. The van der Waals surface area contributed by atoms with Crippen LogP contribution in [0, 0.1) is 0 Å². The highest BCUT2D eigenvalue weighted by Crippen LogP contribution is 2.22. The van der Waals surface area contributed by atoms with Gasteiger partial charge in [0.2, 0.25) is 0 Å². The number of carbonyl (C=O) groups is 1. The summed E-state index contributed by atoms with van der Waals surface area (Å²) in [4.78, 5) is 11.3. The average molecular weight is 423 g/mol. The Bertz CT molecular complexity index is 827. The van der Waals surface area contributed by atoms with Crippen LogP contribution >= 0.6 is 0 Å². The molecule has 0 heterocycles. The maximum atomic E-state index is 11.3. The highest BCUT2D eigenvalue weighted by atomic mass is 16.5. The van der Waals surface area contributed by atoms with Gasteiger partial charge >= 0.3 is 5.97 Å². The van der Waals surface area contributed by atoms with E-state index in [2.05, 4.69) is 35.9 Å². The fourth-order valence-corrected chi connectivity index (χ4v) is 2.87. The molecule has 0 atom stereocenters. The van der Waals surface area contributed by atoms with Gasteiger partial charge in [-0.05, 0) is 87.4 Å². The molecule has 2 aromatic carbocycles. The summed E-state index contributed by atoms with van der Waals surface area (Å²) in [5.74, 6) is 0.515. The van der Waals surface area contributed by atoms with E-state index in [1.165, 1.54) is 18.4 Å². The number of rotatable bonds is 14. The molecule has 0 fully saturated rings. The third kappa shape index (κ3) is 10.1. The second-order valence-corrected chi connectivity index (χ2v) is 7.64. The first kappa shape index (κ1) is 24.3. The van der Waals surface area contributed by atoms with E-state index < -0.39 is 0 Å². The van der Waals surface area contributed by atoms with Crippen molar-refractivity contribution >= 4 is 17.3 Å². The van der Waals surface area contributed by atoms with Crippen molar-refractivity contribution < 1.29 is 14.3 Å². The lowest BCUT2D eigenvalue weighted by molar-refractivity contribution is -0.139. The molecule has 0 N–H and O–H groups in total. The molecule has 2 aromatic rings. The minimum atomic E-state index is -0.313. The smallest absolute Gasteiger partial charge is 0.333 e. The fourth-order valence-electron chi connectivity index (χ4n) is 2.87. The number of hydrogen-bond acceptors (Lipinski definition) is 5. The summed E-state index contributed by atoms with van der Waals surface area (Å²) in [6.07, 6.45) is 7.39. The van der Waals surface area contributed by atoms with Gasteiger partial charge in [0.25, 0.3) is 0 Å². The monoisotopic (exact) mass is 422 g/mol. The van der Waals surface area contributed by atoms with Gasteiger partial charge in [0.1, 0.15) is 5.75 Å². The molecule has 0 aliphatic carbocycles. The molecule has 0 spiro atoms. The molecule has 0 saturated heterocycles. The highest BCUT2D eigenvalue weighted by Gasteiger charge is 2.02. The van der Waals surface area contributed by atoms with Crippen molar-refractivity contribution in [2.75, 3.05) is 13.2 Å². The van der Waals surface area contributed by atoms with Crippen molar-refractivity contribution in [2.24, 2.45) is 10.2 Å². The molecule has 0 radical (unpaired) electrons. The number of hydrogen-bond donors (Lipinski definition) is 0. The third-order valence-corrected chi connectivity index (χ3v) is 4.76. The molecule has 0 saturated carbocycles. The van der Waals surface area contributed by atoms with Crippen LogP contribution in [0.4, 0.5) is 11.4 Å². The number of benzene rings is 2. The fraction of sp³-hybridized carbons (Fsp3) is 0.423. The predicted molar refractivity (Wildman–Crippen MR) is 125 cm³/mol. The lowest BCUT2D eigenvalue weighted by Crippen LogP contribution is -2.06. The van der Waals surface area contributed by atoms with Crippen LogP contribution in [0.3, 0.4) is 0 Å². The summed E-state index contributed by atoms with van der Waals surface area (Å²) in [5, 5.41) is 8.61. The first-order valence-electron chi connectivity index (χ1n) is 11.1. The van der Waals surface area contributed by atoms with Gasteiger partial charge in [-0.25, -0.2) is 4.79 Å². The van der Waals surface area contributed by atoms with E-state index in [-0.39, 0.29) is 5.97 Å². The minimum Gasteiger partial charge on any atom is -0.494 e. The molecule has 0 aliphatic rings. The van der Waals surface area contributed by atoms with Crippen molar-refractivity contribution in [1.29, 1.82) is 0 Å². The number of esters is 1. The van der Waals surface area contributed by atoms with Crippen molar-refractivity contribution in [3.63, 3.8) is 0 Å². The van der Waals surface area contributed by atoms with Crippen LogP contribution in [-0.2, 0) is 16.0 Å². The Kier molecular flexibility index (Phi) is 11.1. The van der Waals surface area contributed by atoms with Gasteiger partial charge in [-0.2, -0.15) is 10.2 Å². The Morgan fingerprint density at radius 1 is 0.839 bits per heavy atom. The highest BCUT2D eigenvalue weighted by molar-refractivity contribution is 5.86. The van der Waals surface area contributed by atoms with Crippen LogP contribution in [0.15, 0.2) is 70.9 Å². The van der Waals surface area contributed by atoms with Gasteiger partial charge in [0, 0.05) is 5.57 Å². The summed E-state index contributed by atoms with van der Waals surface area (Å²) in [6.45, 7) is 8.53. The second-order valence-electron chi connectivity index (χ2n) is 7.64. The van der Waals surface area contributed by atoms with Gasteiger partial charge in [-0.1, -0.05) is 32.1 Å². The summed E-state index contributed by atoms with van der Waals surface area (Å²) in [7, 11) is 0. The summed E-state index contributed by atoms with van der Waals surface area (Å²) in [5.41, 5.74) is 3.44. The first-order valence-corrected chi connectivity index (χ1v) is 11.1.